The highest BCUT2D eigenvalue weighted by atomic mass is 19.3. The van der Waals surface area contributed by atoms with Gasteiger partial charge in [-0.25, -0.2) is 23.1 Å². The topological polar surface area (TPSA) is 70.2 Å². The molecule has 0 aliphatic carbocycles. The molecule has 2 atom stereocenters. The Bertz CT molecular complexity index is 908. The second-order valence-corrected chi connectivity index (χ2v) is 7.60. The molecule has 3 rings (SSSR count). The zero-order valence-corrected chi connectivity index (χ0v) is 17.3. The van der Waals surface area contributed by atoms with Gasteiger partial charge >= 0.3 is 0 Å². The summed E-state index contributed by atoms with van der Waals surface area (Å²) in [5, 5.41) is 6.42. The fraction of sp³-hybridized carbons (Fsp3) is 0.476. The third-order valence-corrected chi connectivity index (χ3v) is 5.33. The number of nitrogens with zero attached hydrogens (tertiary/aromatic N) is 3. The largest absolute Gasteiger partial charge is 0.380 e. The van der Waals surface area contributed by atoms with Gasteiger partial charge < -0.3 is 15.5 Å². The molecule has 1 aliphatic rings. The van der Waals surface area contributed by atoms with Gasteiger partial charge in [-0.15, -0.1) is 0 Å². The number of amides is 1. The zero-order valence-electron chi connectivity index (χ0n) is 17.3. The number of halogens is 3. The summed E-state index contributed by atoms with van der Waals surface area (Å²) in [6, 6.07) is 3.40. The molecule has 0 spiro atoms. The van der Waals surface area contributed by atoms with Gasteiger partial charge in [-0.3, -0.25) is 4.79 Å². The lowest BCUT2D eigenvalue weighted by atomic mass is 10.0. The molecule has 1 fully saturated rings. The van der Waals surface area contributed by atoms with E-state index in [1.54, 1.807) is 27.0 Å². The molecule has 1 aliphatic heterocycles. The summed E-state index contributed by atoms with van der Waals surface area (Å²) in [5.41, 5.74) is 0.164. The number of likely N-dealkylation sites (tertiary alicyclic amines) is 1. The Hall–Kier alpha value is -2.84. The average Bonchev–Trinajstić information content (AvgIpc) is 3.16. The number of rotatable bonds is 7. The highest BCUT2D eigenvalue weighted by molar-refractivity contribution is 5.73. The van der Waals surface area contributed by atoms with Crippen LogP contribution >= 0.6 is 0 Å². The lowest BCUT2D eigenvalue weighted by molar-refractivity contribution is -0.127. The SMILES string of the molecule is CC(=O)N1CCC(CNc2cnc(C)nc2N[C@H](C)c2cccc(C(F)F)c2F)C1. The predicted molar refractivity (Wildman–Crippen MR) is 109 cm³/mol. The number of benzene rings is 1. The second kappa shape index (κ2) is 9.32. The molecule has 0 bridgehead atoms. The van der Waals surface area contributed by atoms with E-state index in [-0.39, 0.29) is 11.5 Å². The van der Waals surface area contributed by atoms with Crippen LogP contribution in [0, 0.1) is 18.7 Å². The molecule has 30 heavy (non-hydrogen) atoms. The molecule has 1 saturated heterocycles. The van der Waals surface area contributed by atoms with E-state index in [1.807, 2.05) is 4.90 Å². The fourth-order valence-electron chi connectivity index (χ4n) is 3.60. The van der Waals surface area contributed by atoms with Crippen molar-refractivity contribution in [2.24, 2.45) is 5.92 Å². The molecular formula is C21H26F3N5O. The van der Waals surface area contributed by atoms with E-state index in [9.17, 15) is 18.0 Å². The first kappa shape index (κ1) is 21.9. The number of aromatic nitrogens is 2. The van der Waals surface area contributed by atoms with Crippen molar-refractivity contribution in [3.63, 3.8) is 0 Å². The maximum atomic E-state index is 14.5. The third-order valence-electron chi connectivity index (χ3n) is 5.33. The Morgan fingerprint density at radius 3 is 2.73 bits per heavy atom. The van der Waals surface area contributed by atoms with E-state index < -0.39 is 23.8 Å². The molecule has 0 radical (unpaired) electrons. The quantitative estimate of drug-likeness (QED) is 0.697. The van der Waals surface area contributed by atoms with Gasteiger partial charge in [-0.1, -0.05) is 18.2 Å². The number of hydrogen-bond donors (Lipinski definition) is 2. The smallest absolute Gasteiger partial charge is 0.266 e. The normalized spacial score (nSPS) is 17.3. The number of anilines is 2. The van der Waals surface area contributed by atoms with Crippen molar-refractivity contribution in [3.05, 3.63) is 47.2 Å². The first-order valence-electron chi connectivity index (χ1n) is 9.92. The van der Waals surface area contributed by atoms with E-state index in [4.69, 9.17) is 0 Å². The minimum Gasteiger partial charge on any atom is -0.380 e. The van der Waals surface area contributed by atoms with Gasteiger partial charge in [-0.05, 0) is 26.2 Å². The zero-order chi connectivity index (χ0) is 21.8. The van der Waals surface area contributed by atoms with Gasteiger partial charge in [0, 0.05) is 32.1 Å². The van der Waals surface area contributed by atoms with Crippen molar-refractivity contribution < 1.29 is 18.0 Å². The van der Waals surface area contributed by atoms with E-state index in [2.05, 4.69) is 20.6 Å². The van der Waals surface area contributed by atoms with Crippen molar-refractivity contribution in [2.75, 3.05) is 30.3 Å². The minimum atomic E-state index is -2.88. The summed E-state index contributed by atoms with van der Waals surface area (Å²) in [6.07, 6.45) is -0.331. The van der Waals surface area contributed by atoms with Gasteiger partial charge in [0.2, 0.25) is 5.91 Å². The van der Waals surface area contributed by atoms with Gasteiger partial charge in [0.25, 0.3) is 6.43 Å². The lowest BCUT2D eigenvalue weighted by Crippen LogP contribution is -2.27. The number of carbonyl (C=O) groups excluding carboxylic acids is 1. The van der Waals surface area contributed by atoms with Crippen molar-refractivity contribution in [2.45, 2.75) is 39.7 Å². The number of nitrogens with one attached hydrogen (secondary N) is 2. The van der Waals surface area contributed by atoms with Crippen LogP contribution in [0.2, 0.25) is 0 Å². The van der Waals surface area contributed by atoms with Crippen molar-refractivity contribution in [1.29, 1.82) is 0 Å². The summed E-state index contributed by atoms with van der Waals surface area (Å²) in [7, 11) is 0. The van der Waals surface area contributed by atoms with Crippen molar-refractivity contribution >= 4 is 17.4 Å². The highest BCUT2D eigenvalue weighted by Gasteiger charge is 2.24. The first-order valence-corrected chi connectivity index (χ1v) is 9.92. The van der Waals surface area contributed by atoms with E-state index in [0.29, 0.717) is 36.3 Å². The molecule has 1 unspecified atom stereocenters. The van der Waals surface area contributed by atoms with Gasteiger partial charge in [-0.2, -0.15) is 0 Å². The van der Waals surface area contributed by atoms with Crippen LogP contribution in [0.1, 0.15) is 49.7 Å². The van der Waals surface area contributed by atoms with Gasteiger partial charge in [0.05, 0.1) is 23.5 Å². The first-order chi connectivity index (χ1) is 14.3. The molecule has 9 heteroatoms. The van der Waals surface area contributed by atoms with Crippen LogP contribution in [0.5, 0.6) is 0 Å². The molecule has 0 saturated carbocycles. The Labute approximate surface area is 173 Å². The third kappa shape index (κ3) is 5.01. The van der Waals surface area contributed by atoms with Crippen LogP contribution in [-0.4, -0.2) is 40.4 Å². The number of aryl methyl sites for hydroxylation is 1. The fourth-order valence-corrected chi connectivity index (χ4v) is 3.60. The summed E-state index contributed by atoms with van der Waals surface area (Å²) in [6.45, 7) is 7.06. The standard InChI is InChI=1S/C21H26F3N5O/c1-12(16-5-4-6-17(19(16)22)20(23)24)27-21-18(10-25-13(2)28-21)26-9-15-7-8-29(11-15)14(3)30/h4-6,10,12,15,20,26H,7-9,11H2,1-3H3,(H,25,27,28)/t12-,15?/m1/s1. The minimum absolute atomic E-state index is 0.0698. The van der Waals surface area contributed by atoms with Crippen LogP contribution in [0.4, 0.5) is 24.7 Å². The molecular weight excluding hydrogens is 395 g/mol. The Morgan fingerprint density at radius 2 is 2.07 bits per heavy atom. The van der Waals surface area contributed by atoms with Crippen molar-refractivity contribution in [3.8, 4) is 0 Å². The van der Waals surface area contributed by atoms with E-state index >= 15 is 0 Å². The van der Waals surface area contributed by atoms with Crippen molar-refractivity contribution in [1.82, 2.24) is 14.9 Å². The summed E-state index contributed by atoms with van der Waals surface area (Å²) >= 11 is 0. The summed E-state index contributed by atoms with van der Waals surface area (Å²) in [5.74, 6) is 0.461. The maximum absolute atomic E-state index is 14.5. The Kier molecular flexibility index (Phi) is 6.79. The van der Waals surface area contributed by atoms with Crippen LogP contribution in [0.25, 0.3) is 0 Å². The monoisotopic (exact) mass is 421 g/mol. The predicted octanol–water partition coefficient (Wildman–Crippen LogP) is 4.32. The van der Waals surface area contributed by atoms with Gasteiger partial charge in [0.15, 0.2) is 5.82 Å². The summed E-state index contributed by atoms with van der Waals surface area (Å²) in [4.78, 5) is 21.9. The average molecular weight is 421 g/mol. The van der Waals surface area contributed by atoms with Crippen LogP contribution in [0.3, 0.4) is 0 Å². The van der Waals surface area contributed by atoms with Crippen LogP contribution in [-0.2, 0) is 4.79 Å². The van der Waals surface area contributed by atoms with Crippen LogP contribution in [0.15, 0.2) is 24.4 Å². The molecule has 2 heterocycles. The Balaban J connectivity index is 1.73. The van der Waals surface area contributed by atoms with E-state index in [1.165, 1.54) is 12.1 Å². The lowest BCUT2D eigenvalue weighted by Gasteiger charge is -2.21. The van der Waals surface area contributed by atoms with Crippen LogP contribution < -0.4 is 10.6 Å². The molecule has 6 nitrogen and oxygen atoms in total. The molecule has 1 amide bonds. The Morgan fingerprint density at radius 1 is 1.33 bits per heavy atom. The molecule has 2 N–H and O–H groups in total. The number of alkyl halides is 2. The molecule has 1 aromatic heterocycles. The second-order valence-electron chi connectivity index (χ2n) is 7.60. The van der Waals surface area contributed by atoms with E-state index in [0.717, 1.165) is 19.0 Å². The molecule has 162 valence electrons. The summed E-state index contributed by atoms with van der Waals surface area (Å²) < 4.78 is 40.6. The highest BCUT2D eigenvalue weighted by Crippen LogP contribution is 2.30. The van der Waals surface area contributed by atoms with Gasteiger partial charge in [0.1, 0.15) is 11.6 Å². The maximum Gasteiger partial charge on any atom is 0.266 e. The number of hydrogen-bond acceptors (Lipinski definition) is 5. The number of carbonyl (C=O) groups is 1. The molecule has 2 aromatic rings. The molecule has 1 aromatic carbocycles.